The van der Waals surface area contributed by atoms with Crippen LogP contribution in [0, 0.1) is 0 Å². The van der Waals surface area contributed by atoms with Crippen LogP contribution in [0.1, 0.15) is 44.1 Å². The monoisotopic (exact) mass is 417 g/mol. The van der Waals surface area contributed by atoms with Crippen LogP contribution in [-0.4, -0.2) is 68.8 Å². The summed E-state index contributed by atoms with van der Waals surface area (Å²) >= 11 is 4.79. The number of aromatic nitrogens is 1. The van der Waals surface area contributed by atoms with Gasteiger partial charge in [0.25, 0.3) is 0 Å². The smallest absolute Gasteiger partial charge is 0.355 e. The molecular weight excluding hydrogens is 390 g/mol. The highest BCUT2D eigenvalue weighted by molar-refractivity contribution is 8.01. The van der Waals surface area contributed by atoms with Crippen LogP contribution in [0.25, 0.3) is 0 Å². The summed E-state index contributed by atoms with van der Waals surface area (Å²) in [5.41, 5.74) is 0.0879. The first-order chi connectivity index (χ1) is 12.3. The van der Waals surface area contributed by atoms with Crippen molar-refractivity contribution in [3.63, 3.8) is 0 Å². The molecule has 1 aromatic heterocycles. The number of carbonyl (C=O) groups is 2. The van der Waals surface area contributed by atoms with Gasteiger partial charge < -0.3 is 15.3 Å². The molecule has 1 aliphatic heterocycles. The van der Waals surface area contributed by atoms with Gasteiger partial charge in [-0.2, -0.15) is 11.8 Å². The van der Waals surface area contributed by atoms with Crippen molar-refractivity contribution in [2.75, 3.05) is 31.1 Å². The molecule has 0 spiro atoms. The number of hydrogen-bond donors (Lipinski definition) is 2. The van der Waals surface area contributed by atoms with E-state index in [1.165, 1.54) is 23.1 Å². The maximum Gasteiger partial charge on any atom is 0.355 e. The van der Waals surface area contributed by atoms with Crippen LogP contribution in [-0.2, 0) is 4.79 Å². The van der Waals surface area contributed by atoms with E-state index in [9.17, 15) is 9.59 Å². The van der Waals surface area contributed by atoms with Crippen molar-refractivity contribution in [1.82, 2.24) is 15.2 Å². The summed E-state index contributed by atoms with van der Waals surface area (Å²) < 4.78 is 1.02. The minimum absolute atomic E-state index is 0.0879. The van der Waals surface area contributed by atoms with Crippen molar-refractivity contribution in [2.45, 2.75) is 48.7 Å². The number of rotatable bonds is 10. The summed E-state index contributed by atoms with van der Waals surface area (Å²) in [6.45, 7) is 9.11. The van der Waals surface area contributed by atoms with Gasteiger partial charge in [0, 0.05) is 53.7 Å². The van der Waals surface area contributed by atoms with Gasteiger partial charge in [-0.25, -0.2) is 9.78 Å². The molecule has 2 rings (SSSR count). The molecule has 0 radical (unpaired) electrons. The van der Waals surface area contributed by atoms with Gasteiger partial charge >= 0.3 is 5.97 Å². The third kappa shape index (κ3) is 7.09. The number of likely N-dealkylation sites (tertiary alicyclic amines) is 1. The number of thiazole rings is 1. The average Bonchev–Trinajstić information content (AvgIpc) is 3.15. The molecule has 1 fully saturated rings. The van der Waals surface area contributed by atoms with Crippen LogP contribution in [0.3, 0.4) is 0 Å². The molecule has 1 aliphatic rings. The van der Waals surface area contributed by atoms with Crippen molar-refractivity contribution in [3.05, 3.63) is 11.1 Å². The Morgan fingerprint density at radius 2 is 2.23 bits per heavy atom. The summed E-state index contributed by atoms with van der Waals surface area (Å²) in [6, 6.07) is 0.258. The van der Waals surface area contributed by atoms with Gasteiger partial charge in [0.15, 0.2) is 10.0 Å². The third-order valence-corrected chi connectivity index (χ3v) is 7.18. The number of hydrogen-bond acceptors (Lipinski definition) is 7. The summed E-state index contributed by atoms with van der Waals surface area (Å²) in [5.74, 6) is 1.01. The molecule has 9 heteroatoms. The lowest BCUT2D eigenvalue weighted by atomic mass is 10.2. The highest BCUT2D eigenvalue weighted by Gasteiger charge is 2.30. The van der Waals surface area contributed by atoms with Crippen LogP contribution in [0.2, 0.25) is 0 Å². The van der Waals surface area contributed by atoms with Crippen molar-refractivity contribution in [2.24, 2.45) is 0 Å². The molecule has 2 N–H and O–H groups in total. The molecule has 0 aliphatic carbocycles. The Morgan fingerprint density at radius 1 is 1.46 bits per heavy atom. The SMILES string of the molecule is CC(C)(C)SCCNC[C@H]1CCC(=O)N1CCSc1nc(C(=O)O)cs1. The highest BCUT2D eigenvalue weighted by atomic mass is 32.2. The average molecular weight is 418 g/mol. The zero-order chi connectivity index (χ0) is 19.2. The van der Waals surface area contributed by atoms with Gasteiger partial charge in [0.2, 0.25) is 5.91 Å². The van der Waals surface area contributed by atoms with Gasteiger partial charge in [-0.1, -0.05) is 32.5 Å². The molecule has 1 amide bonds. The lowest BCUT2D eigenvalue weighted by Gasteiger charge is -2.25. The second-order valence-corrected chi connectivity index (χ2v) is 11.2. The van der Waals surface area contributed by atoms with E-state index in [2.05, 4.69) is 31.1 Å². The fourth-order valence-corrected chi connectivity index (χ4v) is 5.33. The predicted octanol–water partition coefficient (Wildman–Crippen LogP) is 3.05. The van der Waals surface area contributed by atoms with Gasteiger partial charge in [0.05, 0.1) is 0 Å². The second-order valence-electron chi connectivity index (χ2n) is 7.10. The number of carbonyl (C=O) groups excluding carboxylic acids is 1. The van der Waals surface area contributed by atoms with E-state index in [1.54, 1.807) is 5.38 Å². The molecule has 0 aromatic carbocycles. The van der Waals surface area contributed by atoms with E-state index in [1.807, 2.05) is 16.7 Å². The van der Waals surface area contributed by atoms with E-state index in [0.717, 1.165) is 35.4 Å². The van der Waals surface area contributed by atoms with Crippen LogP contribution in [0.5, 0.6) is 0 Å². The van der Waals surface area contributed by atoms with Crippen LogP contribution >= 0.6 is 34.9 Å². The molecule has 1 saturated heterocycles. The Labute approximate surface area is 167 Å². The number of nitrogens with zero attached hydrogens (tertiary/aromatic N) is 2. The van der Waals surface area contributed by atoms with Gasteiger partial charge in [-0.3, -0.25) is 4.79 Å². The van der Waals surface area contributed by atoms with E-state index >= 15 is 0 Å². The number of aromatic carboxylic acids is 1. The van der Waals surface area contributed by atoms with Crippen LogP contribution in [0.15, 0.2) is 9.72 Å². The summed E-state index contributed by atoms with van der Waals surface area (Å²) in [5, 5.41) is 13.9. The summed E-state index contributed by atoms with van der Waals surface area (Å²) in [7, 11) is 0. The standard InChI is InChI=1S/C17H27N3O3S3/c1-17(2,3)26-8-6-18-10-12-4-5-14(21)20(12)7-9-24-16-19-13(11-25-16)15(22)23/h11-12,18H,4-10H2,1-3H3,(H,22,23)/t12-/m1/s1. The normalized spacial score (nSPS) is 17.9. The first-order valence-corrected chi connectivity index (χ1v) is 11.6. The molecule has 1 atom stereocenters. The quantitative estimate of drug-likeness (QED) is 0.447. The lowest BCUT2D eigenvalue weighted by Crippen LogP contribution is -2.41. The van der Waals surface area contributed by atoms with Crippen molar-refractivity contribution < 1.29 is 14.7 Å². The number of carboxylic acid groups (broad SMARTS) is 1. The lowest BCUT2D eigenvalue weighted by molar-refractivity contribution is -0.128. The topological polar surface area (TPSA) is 82.5 Å². The second kappa shape index (κ2) is 9.96. The Hall–Kier alpha value is -0.770. The Balaban J connectivity index is 1.70. The number of carboxylic acids is 1. The maximum atomic E-state index is 12.1. The van der Waals surface area contributed by atoms with Gasteiger partial charge in [-0.15, -0.1) is 11.3 Å². The Bertz CT molecular complexity index is 616. The number of thioether (sulfide) groups is 2. The highest BCUT2D eigenvalue weighted by Crippen LogP contribution is 2.25. The van der Waals surface area contributed by atoms with E-state index < -0.39 is 5.97 Å². The zero-order valence-electron chi connectivity index (χ0n) is 15.5. The molecule has 2 heterocycles. The van der Waals surface area contributed by atoms with Crippen molar-refractivity contribution in [3.8, 4) is 0 Å². The predicted molar refractivity (Wildman–Crippen MR) is 110 cm³/mol. The zero-order valence-corrected chi connectivity index (χ0v) is 17.9. The summed E-state index contributed by atoms with van der Waals surface area (Å²) in [6.07, 6.45) is 1.53. The third-order valence-electron chi connectivity index (χ3n) is 3.91. The molecule has 146 valence electrons. The largest absolute Gasteiger partial charge is 0.476 e. The first-order valence-electron chi connectivity index (χ1n) is 8.72. The molecule has 1 aromatic rings. The van der Waals surface area contributed by atoms with Crippen molar-refractivity contribution >= 4 is 46.7 Å². The van der Waals surface area contributed by atoms with Crippen LogP contribution in [0.4, 0.5) is 0 Å². The van der Waals surface area contributed by atoms with Crippen LogP contribution < -0.4 is 5.32 Å². The molecular formula is C17H27N3O3S3. The van der Waals surface area contributed by atoms with Crippen molar-refractivity contribution in [1.29, 1.82) is 0 Å². The molecule has 26 heavy (non-hydrogen) atoms. The minimum atomic E-state index is -1.00. The number of amides is 1. The van der Waals surface area contributed by atoms with Gasteiger partial charge in [-0.05, 0) is 6.42 Å². The molecule has 0 unspecified atom stereocenters. The Kier molecular flexibility index (Phi) is 8.25. The fraction of sp³-hybridized carbons (Fsp3) is 0.706. The molecule has 0 saturated carbocycles. The molecule has 6 nitrogen and oxygen atoms in total. The number of nitrogens with one attached hydrogen (secondary N) is 1. The molecule has 0 bridgehead atoms. The Morgan fingerprint density at radius 3 is 2.88 bits per heavy atom. The van der Waals surface area contributed by atoms with E-state index in [-0.39, 0.29) is 22.4 Å². The minimum Gasteiger partial charge on any atom is -0.476 e. The van der Waals surface area contributed by atoms with E-state index in [0.29, 0.717) is 13.0 Å². The van der Waals surface area contributed by atoms with E-state index in [4.69, 9.17) is 5.11 Å². The van der Waals surface area contributed by atoms with Gasteiger partial charge in [0.1, 0.15) is 0 Å². The summed E-state index contributed by atoms with van der Waals surface area (Å²) in [4.78, 5) is 29.0. The first kappa shape index (κ1) is 21.5. The fourth-order valence-electron chi connectivity index (χ4n) is 2.66. The maximum absolute atomic E-state index is 12.1.